The van der Waals surface area contributed by atoms with E-state index in [0.717, 1.165) is 18.4 Å². The van der Waals surface area contributed by atoms with Crippen LogP contribution in [0.4, 0.5) is 5.95 Å². The molecule has 3 N–H and O–H groups in total. The van der Waals surface area contributed by atoms with Gasteiger partial charge in [0.2, 0.25) is 11.5 Å². The Labute approximate surface area is 175 Å². The standard InChI is InChI=1S/C21H19N7O3/c1-12-9-15(26-31-12)11-27-21(30)28-19(25-27)17(14-7-8-16(29)23-10-14)18(24-20(28)22)13-5-3-2-4-6-13/h3,5-10H,2,4,11H2,1H3,(H2,22,24)(H,23,29). The number of rotatable bonds is 4. The number of hydrogen-bond acceptors (Lipinski definition) is 7. The lowest BCUT2D eigenvalue weighted by Crippen LogP contribution is -2.24. The molecule has 0 radical (unpaired) electrons. The fraction of sp³-hybridized carbons (Fsp3) is 0.190. The van der Waals surface area contributed by atoms with Crippen LogP contribution in [0, 0.1) is 6.92 Å². The molecular weight excluding hydrogens is 398 g/mol. The maximum atomic E-state index is 13.1. The van der Waals surface area contributed by atoms with Crippen LogP contribution in [0.15, 0.2) is 56.7 Å². The number of allylic oxidation sites excluding steroid dienone is 4. The van der Waals surface area contributed by atoms with Crippen molar-refractivity contribution in [2.24, 2.45) is 0 Å². The first-order valence-corrected chi connectivity index (χ1v) is 9.78. The van der Waals surface area contributed by atoms with Gasteiger partial charge in [-0.15, -0.1) is 5.10 Å². The number of aromatic nitrogens is 6. The van der Waals surface area contributed by atoms with Gasteiger partial charge in [-0.1, -0.05) is 23.4 Å². The molecule has 0 saturated heterocycles. The molecule has 4 aromatic rings. The van der Waals surface area contributed by atoms with Crippen LogP contribution in [-0.4, -0.2) is 29.3 Å². The second-order valence-electron chi connectivity index (χ2n) is 7.30. The molecule has 0 aliphatic heterocycles. The second kappa shape index (κ2) is 7.24. The fourth-order valence-corrected chi connectivity index (χ4v) is 3.68. The number of aromatic amines is 1. The summed E-state index contributed by atoms with van der Waals surface area (Å²) in [6.45, 7) is 1.90. The third kappa shape index (κ3) is 3.27. The summed E-state index contributed by atoms with van der Waals surface area (Å²) in [5.41, 5.74) is 9.21. The molecule has 0 spiro atoms. The molecule has 0 unspecified atom stereocenters. The average molecular weight is 417 g/mol. The summed E-state index contributed by atoms with van der Waals surface area (Å²) in [6, 6.07) is 4.83. The molecule has 0 saturated carbocycles. The number of pyridine rings is 1. The Morgan fingerprint density at radius 1 is 1.26 bits per heavy atom. The van der Waals surface area contributed by atoms with Gasteiger partial charge in [0.1, 0.15) is 11.5 Å². The zero-order valence-electron chi connectivity index (χ0n) is 16.7. The highest BCUT2D eigenvalue weighted by Gasteiger charge is 2.22. The van der Waals surface area contributed by atoms with Crippen molar-refractivity contribution < 1.29 is 4.52 Å². The van der Waals surface area contributed by atoms with E-state index in [1.165, 1.54) is 15.1 Å². The van der Waals surface area contributed by atoms with Crippen LogP contribution >= 0.6 is 0 Å². The topological polar surface area (TPSA) is 137 Å². The summed E-state index contributed by atoms with van der Waals surface area (Å²) in [4.78, 5) is 31.9. The second-order valence-corrected chi connectivity index (χ2v) is 7.30. The Bertz CT molecular complexity index is 1460. The highest BCUT2D eigenvalue weighted by atomic mass is 16.5. The van der Waals surface area contributed by atoms with Gasteiger partial charge in [0, 0.05) is 23.9 Å². The Morgan fingerprint density at radius 3 is 2.81 bits per heavy atom. The van der Waals surface area contributed by atoms with E-state index in [1.54, 1.807) is 25.3 Å². The van der Waals surface area contributed by atoms with E-state index in [0.29, 0.717) is 33.9 Å². The molecule has 156 valence electrons. The van der Waals surface area contributed by atoms with E-state index >= 15 is 0 Å². The number of H-pyrrole nitrogens is 1. The monoisotopic (exact) mass is 417 g/mol. The molecule has 1 aliphatic rings. The number of fused-ring (bicyclic) bond motifs is 1. The fourth-order valence-electron chi connectivity index (χ4n) is 3.68. The van der Waals surface area contributed by atoms with Gasteiger partial charge in [0.15, 0.2) is 5.65 Å². The summed E-state index contributed by atoms with van der Waals surface area (Å²) < 4.78 is 7.63. The van der Waals surface area contributed by atoms with Gasteiger partial charge >= 0.3 is 5.69 Å². The lowest BCUT2D eigenvalue weighted by molar-refractivity contribution is 0.387. The van der Waals surface area contributed by atoms with E-state index in [-0.39, 0.29) is 18.1 Å². The van der Waals surface area contributed by atoms with Crippen molar-refractivity contribution in [1.82, 2.24) is 29.3 Å². The highest BCUT2D eigenvalue weighted by Crippen LogP contribution is 2.33. The number of nitrogens with two attached hydrogens (primary N) is 1. The number of nitrogen functional groups attached to an aromatic ring is 1. The maximum absolute atomic E-state index is 13.1. The van der Waals surface area contributed by atoms with Gasteiger partial charge in [0.05, 0.1) is 17.8 Å². The van der Waals surface area contributed by atoms with Crippen molar-refractivity contribution in [3.8, 4) is 11.1 Å². The predicted molar refractivity (Wildman–Crippen MR) is 114 cm³/mol. The van der Waals surface area contributed by atoms with E-state index in [1.807, 2.05) is 6.08 Å². The molecule has 4 aromatic heterocycles. The minimum Gasteiger partial charge on any atom is -0.369 e. The summed E-state index contributed by atoms with van der Waals surface area (Å²) in [5, 5.41) is 8.49. The molecule has 1 aliphatic carbocycles. The minimum atomic E-state index is -0.439. The van der Waals surface area contributed by atoms with Crippen LogP contribution in [0.3, 0.4) is 0 Å². The zero-order chi connectivity index (χ0) is 21.5. The van der Waals surface area contributed by atoms with Gasteiger partial charge < -0.3 is 15.2 Å². The third-order valence-electron chi connectivity index (χ3n) is 5.09. The van der Waals surface area contributed by atoms with E-state index in [9.17, 15) is 9.59 Å². The molecule has 31 heavy (non-hydrogen) atoms. The molecule has 10 heteroatoms. The summed E-state index contributed by atoms with van der Waals surface area (Å²) in [7, 11) is 0. The molecule has 0 atom stereocenters. The SMILES string of the molecule is Cc1cc(Cn2nc3c(-c4ccc(=O)[nH]c4)c(C4=CCCC=C4)nc(N)n3c2=O)no1. The van der Waals surface area contributed by atoms with Crippen molar-refractivity contribution in [2.45, 2.75) is 26.3 Å². The minimum absolute atomic E-state index is 0.0330. The predicted octanol–water partition coefficient (Wildman–Crippen LogP) is 1.91. The number of nitrogens with one attached hydrogen (secondary N) is 1. The summed E-state index contributed by atoms with van der Waals surface area (Å²) in [6.07, 6.45) is 9.50. The van der Waals surface area contributed by atoms with Crippen LogP contribution in [0.2, 0.25) is 0 Å². The Kier molecular flexibility index (Phi) is 4.39. The zero-order valence-corrected chi connectivity index (χ0v) is 16.7. The number of nitrogens with zero attached hydrogens (tertiary/aromatic N) is 5. The van der Waals surface area contributed by atoms with Crippen molar-refractivity contribution in [3.63, 3.8) is 0 Å². The lowest BCUT2D eigenvalue weighted by atomic mass is 9.97. The average Bonchev–Trinajstić information content (AvgIpc) is 3.33. The maximum Gasteiger partial charge on any atom is 0.353 e. The Morgan fingerprint density at radius 2 is 2.13 bits per heavy atom. The molecule has 0 bridgehead atoms. The summed E-state index contributed by atoms with van der Waals surface area (Å²) >= 11 is 0. The largest absolute Gasteiger partial charge is 0.369 e. The van der Waals surface area contributed by atoms with Crippen LogP contribution in [-0.2, 0) is 6.54 Å². The number of hydrogen-bond donors (Lipinski definition) is 2. The van der Waals surface area contributed by atoms with Gasteiger partial charge in [-0.05, 0) is 31.4 Å². The van der Waals surface area contributed by atoms with Gasteiger partial charge in [-0.2, -0.15) is 0 Å². The van der Waals surface area contributed by atoms with E-state index in [4.69, 9.17) is 10.3 Å². The lowest BCUT2D eigenvalue weighted by Gasteiger charge is -2.14. The van der Waals surface area contributed by atoms with Crippen LogP contribution in [0.1, 0.15) is 30.0 Å². The van der Waals surface area contributed by atoms with E-state index in [2.05, 4.69) is 32.4 Å². The molecule has 0 amide bonds. The molecule has 0 aromatic carbocycles. The molecule has 5 rings (SSSR count). The number of aryl methyl sites for hydroxylation is 1. The van der Waals surface area contributed by atoms with Crippen LogP contribution < -0.4 is 17.0 Å². The molecule has 0 fully saturated rings. The van der Waals surface area contributed by atoms with Crippen molar-refractivity contribution in [1.29, 1.82) is 0 Å². The third-order valence-corrected chi connectivity index (χ3v) is 5.09. The first kappa shape index (κ1) is 18.8. The number of anilines is 1. The Hall–Kier alpha value is -4.21. The first-order valence-electron chi connectivity index (χ1n) is 9.78. The van der Waals surface area contributed by atoms with Gasteiger partial charge in [-0.3, -0.25) is 4.79 Å². The van der Waals surface area contributed by atoms with Crippen LogP contribution in [0.25, 0.3) is 22.3 Å². The van der Waals surface area contributed by atoms with E-state index < -0.39 is 5.69 Å². The highest BCUT2D eigenvalue weighted by molar-refractivity contribution is 5.91. The van der Waals surface area contributed by atoms with Gasteiger partial charge in [-0.25, -0.2) is 18.9 Å². The van der Waals surface area contributed by atoms with Crippen LogP contribution in [0.5, 0.6) is 0 Å². The molecule has 10 nitrogen and oxygen atoms in total. The van der Waals surface area contributed by atoms with Crippen molar-refractivity contribution in [3.05, 3.63) is 80.6 Å². The Balaban J connectivity index is 1.79. The molecular formula is C21H19N7O3. The quantitative estimate of drug-likeness (QED) is 0.517. The smallest absolute Gasteiger partial charge is 0.353 e. The summed E-state index contributed by atoms with van der Waals surface area (Å²) in [5.74, 6) is 0.672. The first-order chi connectivity index (χ1) is 15.0. The van der Waals surface area contributed by atoms with Crippen molar-refractivity contribution >= 4 is 17.2 Å². The van der Waals surface area contributed by atoms with Crippen molar-refractivity contribution in [2.75, 3.05) is 5.73 Å². The molecule has 4 heterocycles. The normalized spacial score (nSPS) is 13.6. The van der Waals surface area contributed by atoms with Gasteiger partial charge in [0.25, 0.3) is 0 Å².